The summed E-state index contributed by atoms with van der Waals surface area (Å²) in [5.41, 5.74) is 0. The summed E-state index contributed by atoms with van der Waals surface area (Å²) < 4.78 is 0. The largest absolute Gasteiger partial charge is 0.394 e. The van der Waals surface area contributed by atoms with Crippen LogP contribution >= 0.6 is 0 Å². The van der Waals surface area contributed by atoms with Crippen LogP contribution in [-0.4, -0.2) is 46.1 Å². The van der Waals surface area contributed by atoms with Crippen LogP contribution in [0.5, 0.6) is 0 Å². The molecule has 3 atom stereocenters. The van der Waals surface area contributed by atoms with E-state index in [4.69, 9.17) is 0 Å². The quantitative estimate of drug-likeness (QED) is 0.0767. The molecule has 5 nitrogen and oxygen atoms in total. The van der Waals surface area contributed by atoms with Crippen molar-refractivity contribution in [1.82, 2.24) is 5.32 Å². The normalized spacial score (nSPS) is 14.3. The molecular weight excluding hydrogens is 438 g/mol. The van der Waals surface area contributed by atoms with E-state index in [1.165, 1.54) is 77.0 Å². The molecule has 0 spiro atoms. The molecule has 0 aliphatic rings. The molecule has 0 rings (SSSR count). The van der Waals surface area contributed by atoms with E-state index in [0.717, 1.165) is 44.9 Å². The summed E-state index contributed by atoms with van der Waals surface area (Å²) in [5, 5.41) is 33.0. The number of aliphatic hydroxyl groups excluding tert-OH is 3. The Kier molecular flexibility index (Phi) is 25.5. The van der Waals surface area contributed by atoms with E-state index >= 15 is 0 Å². The van der Waals surface area contributed by atoms with Crippen molar-refractivity contribution in [2.45, 2.75) is 167 Å². The van der Waals surface area contributed by atoms with Gasteiger partial charge in [0.2, 0.25) is 5.91 Å². The number of allylic oxidation sites excluding steroid dienone is 2. The third-order valence-electron chi connectivity index (χ3n) is 6.87. The molecule has 0 saturated carbocycles. The fourth-order valence-corrected chi connectivity index (χ4v) is 4.45. The van der Waals surface area contributed by atoms with Gasteiger partial charge in [0.15, 0.2) is 0 Å². The van der Waals surface area contributed by atoms with Gasteiger partial charge >= 0.3 is 0 Å². The molecule has 0 radical (unpaired) electrons. The van der Waals surface area contributed by atoms with E-state index in [2.05, 4.69) is 31.3 Å². The van der Waals surface area contributed by atoms with E-state index in [1.807, 2.05) is 0 Å². The van der Waals surface area contributed by atoms with Crippen LogP contribution in [0.2, 0.25) is 0 Å². The van der Waals surface area contributed by atoms with Crippen molar-refractivity contribution >= 4 is 5.91 Å². The molecule has 0 aromatic carbocycles. The molecule has 35 heavy (non-hydrogen) atoms. The molecule has 0 aromatic heterocycles. The van der Waals surface area contributed by atoms with Gasteiger partial charge in [0.1, 0.15) is 6.10 Å². The molecule has 0 aromatic rings. The van der Waals surface area contributed by atoms with E-state index in [0.29, 0.717) is 12.8 Å². The zero-order valence-electron chi connectivity index (χ0n) is 23.2. The first kappa shape index (κ1) is 34.1. The molecule has 5 heteroatoms. The zero-order valence-corrected chi connectivity index (χ0v) is 23.2. The molecular formula is C30H59NO4. The van der Waals surface area contributed by atoms with Gasteiger partial charge in [0, 0.05) is 6.42 Å². The fraction of sp³-hybridized carbons (Fsp3) is 0.900. The van der Waals surface area contributed by atoms with Gasteiger partial charge in [-0.3, -0.25) is 4.79 Å². The van der Waals surface area contributed by atoms with Gasteiger partial charge in [-0.05, 0) is 38.5 Å². The van der Waals surface area contributed by atoms with Crippen LogP contribution in [0, 0.1) is 0 Å². The lowest BCUT2D eigenvalue weighted by Crippen LogP contribution is -2.50. The number of hydrogen-bond acceptors (Lipinski definition) is 4. The molecule has 3 unspecified atom stereocenters. The lowest BCUT2D eigenvalue weighted by Gasteiger charge is -2.26. The van der Waals surface area contributed by atoms with Crippen LogP contribution in [0.3, 0.4) is 0 Å². The number of carbonyl (C=O) groups excluding carboxylic acids is 1. The first-order chi connectivity index (χ1) is 17.1. The predicted molar refractivity (Wildman–Crippen MR) is 148 cm³/mol. The third kappa shape index (κ3) is 22.0. The number of rotatable bonds is 26. The highest BCUT2D eigenvalue weighted by Crippen LogP contribution is 2.14. The van der Waals surface area contributed by atoms with Crippen LogP contribution in [0.4, 0.5) is 0 Å². The van der Waals surface area contributed by atoms with Crippen molar-refractivity contribution in [3.05, 3.63) is 12.2 Å². The van der Waals surface area contributed by atoms with E-state index in [-0.39, 0.29) is 12.5 Å². The topological polar surface area (TPSA) is 89.8 Å². The standard InChI is InChI=1S/C30H59NO4/c1-3-5-7-9-11-13-14-15-16-17-19-21-23-25-29(34)31-27(26-32)30(35)28(33)24-22-20-18-12-10-8-6-4-2/h15-16,27-28,30,32-33,35H,3-14,17-26H2,1-2H3,(H,31,34)/b16-15-. The Morgan fingerprint density at radius 3 is 1.66 bits per heavy atom. The van der Waals surface area contributed by atoms with Crippen molar-refractivity contribution in [2.24, 2.45) is 0 Å². The number of aliphatic hydroxyl groups is 3. The minimum Gasteiger partial charge on any atom is -0.394 e. The van der Waals surface area contributed by atoms with Crippen molar-refractivity contribution in [3.8, 4) is 0 Å². The van der Waals surface area contributed by atoms with Crippen LogP contribution in [0.25, 0.3) is 0 Å². The first-order valence-electron chi connectivity index (χ1n) is 15.0. The van der Waals surface area contributed by atoms with Crippen LogP contribution in [0.15, 0.2) is 12.2 Å². The van der Waals surface area contributed by atoms with E-state index in [9.17, 15) is 20.1 Å². The van der Waals surface area contributed by atoms with Gasteiger partial charge in [0.25, 0.3) is 0 Å². The number of unbranched alkanes of at least 4 members (excludes halogenated alkanes) is 16. The van der Waals surface area contributed by atoms with E-state index in [1.54, 1.807) is 0 Å². The van der Waals surface area contributed by atoms with Gasteiger partial charge in [-0.2, -0.15) is 0 Å². The number of amides is 1. The predicted octanol–water partition coefficient (Wildman–Crippen LogP) is 6.97. The highest BCUT2D eigenvalue weighted by atomic mass is 16.3. The molecule has 0 aliphatic carbocycles. The van der Waals surface area contributed by atoms with Gasteiger partial charge in [-0.15, -0.1) is 0 Å². The fourth-order valence-electron chi connectivity index (χ4n) is 4.45. The van der Waals surface area contributed by atoms with Gasteiger partial charge < -0.3 is 20.6 Å². The minimum atomic E-state index is -1.13. The average molecular weight is 498 g/mol. The highest BCUT2D eigenvalue weighted by Gasteiger charge is 2.26. The van der Waals surface area contributed by atoms with E-state index < -0.39 is 18.2 Å². The summed E-state index contributed by atoms with van der Waals surface area (Å²) in [4.78, 5) is 12.2. The SMILES string of the molecule is CCCCCCCC/C=C\CCCCCC(=O)NC(CO)C(O)C(O)CCCCCCCCCC. The van der Waals surface area contributed by atoms with Crippen LogP contribution in [0.1, 0.15) is 149 Å². The molecule has 1 amide bonds. The summed E-state index contributed by atoms with van der Waals surface area (Å²) in [6.07, 6.45) is 25.9. The van der Waals surface area contributed by atoms with Crippen LogP contribution in [-0.2, 0) is 4.79 Å². The first-order valence-corrected chi connectivity index (χ1v) is 15.0. The summed E-state index contributed by atoms with van der Waals surface area (Å²) >= 11 is 0. The van der Waals surface area contributed by atoms with Crippen molar-refractivity contribution < 1.29 is 20.1 Å². The monoisotopic (exact) mass is 497 g/mol. The Morgan fingerprint density at radius 1 is 0.686 bits per heavy atom. The molecule has 0 heterocycles. The summed E-state index contributed by atoms with van der Waals surface area (Å²) in [6, 6.07) is -0.809. The Labute approximate surface area is 217 Å². The smallest absolute Gasteiger partial charge is 0.220 e. The van der Waals surface area contributed by atoms with Gasteiger partial charge in [-0.1, -0.05) is 116 Å². The Bertz CT molecular complexity index is 483. The second-order valence-electron chi connectivity index (χ2n) is 10.3. The maximum Gasteiger partial charge on any atom is 0.220 e. The van der Waals surface area contributed by atoms with Crippen LogP contribution < -0.4 is 5.32 Å². The maximum atomic E-state index is 12.2. The van der Waals surface area contributed by atoms with Crippen molar-refractivity contribution in [3.63, 3.8) is 0 Å². The number of carbonyl (C=O) groups is 1. The molecule has 0 bridgehead atoms. The van der Waals surface area contributed by atoms with Crippen molar-refractivity contribution in [1.29, 1.82) is 0 Å². The minimum absolute atomic E-state index is 0.166. The lowest BCUT2D eigenvalue weighted by molar-refractivity contribution is -0.124. The lowest BCUT2D eigenvalue weighted by atomic mass is 9.99. The van der Waals surface area contributed by atoms with Crippen molar-refractivity contribution in [2.75, 3.05) is 6.61 Å². The second kappa shape index (κ2) is 26.2. The zero-order chi connectivity index (χ0) is 26.0. The molecule has 0 saturated heterocycles. The summed E-state index contributed by atoms with van der Waals surface area (Å²) in [7, 11) is 0. The number of hydrogen-bond donors (Lipinski definition) is 4. The molecule has 4 N–H and O–H groups in total. The summed E-state index contributed by atoms with van der Waals surface area (Å²) in [5.74, 6) is -0.166. The average Bonchev–Trinajstić information content (AvgIpc) is 2.86. The maximum absolute atomic E-state index is 12.2. The molecule has 0 aliphatic heterocycles. The van der Waals surface area contributed by atoms with Gasteiger partial charge in [0.05, 0.1) is 18.8 Å². The third-order valence-corrected chi connectivity index (χ3v) is 6.87. The second-order valence-corrected chi connectivity index (χ2v) is 10.3. The Balaban J connectivity index is 3.79. The number of nitrogens with one attached hydrogen (secondary N) is 1. The highest BCUT2D eigenvalue weighted by molar-refractivity contribution is 5.76. The Morgan fingerprint density at radius 2 is 1.14 bits per heavy atom. The Hall–Kier alpha value is -0.910. The molecule has 208 valence electrons. The summed E-state index contributed by atoms with van der Waals surface area (Å²) in [6.45, 7) is 4.09. The molecule has 0 fully saturated rings. The van der Waals surface area contributed by atoms with Gasteiger partial charge in [-0.25, -0.2) is 0 Å².